The summed E-state index contributed by atoms with van der Waals surface area (Å²) in [5, 5.41) is 6.56. The van der Waals surface area contributed by atoms with Crippen LogP contribution in [0, 0.1) is 0 Å². The number of rotatable bonds is 5. The van der Waals surface area contributed by atoms with Crippen molar-refractivity contribution in [1.82, 2.24) is 9.97 Å². The average Bonchev–Trinajstić information content (AvgIpc) is 2.58. The second-order valence-electron chi connectivity index (χ2n) is 5.03. The maximum Gasteiger partial charge on any atom is 0.229 e. The van der Waals surface area contributed by atoms with Gasteiger partial charge in [-0.1, -0.05) is 41.1 Å². The molecule has 0 spiro atoms. The van der Waals surface area contributed by atoms with Gasteiger partial charge in [0.25, 0.3) is 0 Å². The van der Waals surface area contributed by atoms with Crippen molar-refractivity contribution in [3.05, 3.63) is 70.8 Å². The first-order valence-corrected chi connectivity index (χ1v) is 8.24. The zero-order valence-electron chi connectivity index (χ0n) is 12.8. The molecule has 0 radical (unpaired) electrons. The molecule has 2 N–H and O–H groups in total. The van der Waals surface area contributed by atoms with Crippen LogP contribution >= 0.6 is 15.9 Å². The van der Waals surface area contributed by atoms with E-state index in [9.17, 15) is 0 Å². The number of aromatic nitrogens is 2. The number of benzene rings is 2. The summed E-state index contributed by atoms with van der Waals surface area (Å²) in [5.74, 6) is 1.33. The second-order valence-corrected chi connectivity index (χ2v) is 5.95. The van der Waals surface area contributed by atoms with E-state index in [-0.39, 0.29) is 0 Å². The third kappa shape index (κ3) is 4.07. The zero-order valence-corrected chi connectivity index (χ0v) is 14.3. The largest absolute Gasteiger partial charge is 0.340 e. The highest BCUT2D eigenvalue weighted by atomic mass is 79.9. The number of nitrogens with zero attached hydrogens (tertiary/aromatic N) is 2. The van der Waals surface area contributed by atoms with E-state index in [1.165, 1.54) is 5.56 Å². The standard InChI is InChI=1S/C18H17BrN4/c1-2-13-5-3-4-6-16(13)22-18-20-12-11-17(23-18)21-15-9-7-14(19)8-10-15/h3-12H,2H2,1H3,(H2,20,21,22,23). The summed E-state index contributed by atoms with van der Waals surface area (Å²) in [6.45, 7) is 2.13. The lowest BCUT2D eigenvalue weighted by molar-refractivity contribution is 1.12. The normalized spacial score (nSPS) is 10.3. The highest BCUT2D eigenvalue weighted by Crippen LogP contribution is 2.21. The van der Waals surface area contributed by atoms with Gasteiger partial charge in [-0.25, -0.2) is 4.98 Å². The lowest BCUT2D eigenvalue weighted by Crippen LogP contribution is -2.02. The quantitative estimate of drug-likeness (QED) is 0.642. The summed E-state index contributed by atoms with van der Waals surface area (Å²) >= 11 is 3.43. The van der Waals surface area contributed by atoms with Gasteiger partial charge in [0.05, 0.1) is 0 Å². The van der Waals surface area contributed by atoms with Crippen molar-refractivity contribution in [2.45, 2.75) is 13.3 Å². The summed E-state index contributed by atoms with van der Waals surface area (Å²) in [7, 11) is 0. The predicted molar refractivity (Wildman–Crippen MR) is 98.6 cm³/mol. The first-order valence-electron chi connectivity index (χ1n) is 7.45. The zero-order chi connectivity index (χ0) is 16.1. The summed E-state index contributed by atoms with van der Waals surface area (Å²) in [5.41, 5.74) is 3.25. The number of halogens is 1. The van der Waals surface area contributed by atoms with E-state index in [1.54, 1.807) is 6.20 Å². The molecule has 0 atom stereocenters. The molecule has 0 aliphatic carbocycles. The van der Waals surface area contributed by atoms with E-state index in [0.717, 1.165) is 28.1 Å². The van der Waals surface area contributed by atoms with Gasteiger partial charge >= 0.3 is 0 Å². The van der Waals surface area contributed by atoms with Crippen molar-refractivity contribution in [1.29, 1.82) is 0 Å². The van der Waals surface area contributed by atoms with Gasteiger partial charge in [-0.3, -0.25) is 0 Å². The molecular formula is C18H17BrN4. The third-order valence-electron chi connectivity index (χ3n) is 3.42. The van der Waals surface area contributed by atoms with Crippen LogP contribution < -0.4 is 10.6 Å². The van der Waals surface area contributed by atoms with Crippen LogP contribution in [0.1, 0.15) is 12.5 Å². The number of anilines is 4. The van der Waals surface area contributed by atoms with E-state index < -0.39 is 0 Å². The molecule has 0 aliphatic heterocycles. The maximum absolute atomic E-state index is 4.52. The van der Waals surface area contributed by atoms with Crippen LogP contribution in [0.15, 0.2) is 65.3 Å². The first-order chi connectivity index (χ1) is 11.2. The minimum absolute atomic E-state index is 0.577. The molecule has 0 saturated heterocycles. The van der Waals surface area contributed by atoms with Crippen molar-refractivity contribution in [3.63, 3.8) is 0 Å². The first kappa shape index (κ1) is 15.5. The second kappa shape index (κ2) is 7.24. The van der Waals surface area contributed by atoms with Crippen LogP contribution in [0.4, 0.5) is 23.1 Å². The molecule has 116 valence electrons. The van der Waals surface area contributed by atoms with Crippen LogP contribution in [-0.2, 0) is 6.42 Å². The molecule has 0 bridgehead atoms. The molecule has 23 heavy (non-hydrogen) atoms. The Balaban J connectivity index is 1.78. The highest BCUT2D eigenvalue weighted by molar-refractivity contribution is 9.10. The number of hydrogen-bond acceptors (Lipinski definition) is 4. The molecule has 2 aromatic carbocycles. The average molecular weight is 369 g/mol. The van der Waals surface area contributed by atoms with E-state index in [4.69, 9.17) is 0 Å². The van der Waals surface area contributed by atoms with Crippen molar-refractivity contribution in [2.24, 2.45) is 0 Å². The fourth-order valence-electron chi connectivity index (χ4n) is 2.24. The van der Waals surface area contributed by atoms with Gasteiger partial charge in [-0.15, -0.1) is 0 Å². The summed E-state index contributed by atoms with van der Waals surface area (Å²) in [4.78, 5) is 8.81. The van der Waals surface area contributed by atoms with Crippen molar-refractivity contribution in [2.75, 3.05) is 10.6 Å². The lowest BCUT2D eigenvalue weighted by atomic mass is 10.1. The van der Waals surface area contributed by atoms with Crippen molar-refractivity contribution in [3.8, 4) is 0 Å². The smallest absolute Gasteiger partial charge is 0.229 e. The molecular weight excluding hydrogens is 352 g/mol. The molecule has 0 aliphatic rings. The molecule has 0 amide bonds. The number of hydrogen-bond donors (Lipinski definition) is 2. The highest BCUT2D eigenvalue weighted by Gasteiger charge is 2.04. The fourth-order valence-corrected chi connectivity index (χ4v) is 2.50. The number of para-hydroxylation sites is 1. The number of nitrogens with one attached hydrogen (secondary N) is 2. The Bertz CT molecular complexity index is 787. The Kier molecular flexibility index (Phi) is 4.88. The Morgan fingerprint density at radius 3 is 2.52 bits per heavy atom. The van der Waals surface area contributed by atoms with Gasteiger partial charge in [0.15, 0.2) is 0 Å². The van der Waals surface area contributed by atoms with E-state index >= 15 is 0 Å². The Labute approximate surface area is 144 Å². The van der Waals surface area contributed by atoms with Crippen LogP contribution in [0.25, 0.3) is 0 Å². The van der Waals surface area contributed by atoms with Crippen LogP contribution in [0.5, 0.6) is 0 Å². The third-order valence-corrected chi connectivity index (χ3v) is 3.95. The SMILES string of the molecule is CCc1ccccc1Nc1nccc(Nc2ccc(Br)cc2)n1. The summed E-state index contributed by atoms with van der Waals surface area (Å²) in [6.07, 6.45) is 2.70. The molecule has 3 rings (SSSR count). The van der Waals surface area contributed by atoms with Crippen molar-refractivity contribution < 1.29 is 0 Å². The van der Waals surface area contributed by atoms with Crippen LogP contribution in [-0.4, -0.2) is 9.97 Å². The minimum atomic E-state index is 0.577. The summed E-state index contributed by atoms with van der Waals surface area (Å²) in [6, 6.07) is 18.0. The van der Waals surface area contributed by atoms with Gasteiger partial charge in [-0.05, 0) is 48.4 Å². The number of aryl methyl sites for hydroxylation is 1. The van der Waals surface area contributed by atoms with Crippen molar-refractivity contribution >= 4 is 39.1 Å². The van der Waals surface area contributed by atoms with Crippen LogP contribution in [0.3, 0.4) is 0 Å². The van der Waals surface area contributed by atoms with Gasteiger partial charge in [0, 0.05) is 22.0 Å². The topological polar surface area (TPSA) is 49.8 Å². The molecule has 0 unspecified atom stereocenters. The molecule has 5 heteroatoms. The fraction of sp³-hybridized carbons (Fsp3) is 0.111. The lowest BCUT2D eigenvalue weighted by Gasteiger charge is -2.11. The van der Waals surface area contributed by atoms with Gasteiger partial charge in [-0.2, -0.15) is 4.98 Å². The molecule has 1 aromatic heterocycles. The minimum Gasteiger partial charge on any atom is -0.340 e. The molecule has 4 nitrogen and oxygen atoms in total. The summed E-state index contributed by atoms with van der Waals surface area (Å²) < 4.78 is 1.05. The van der Waals surface area contributed by atoms with Crippen LogP contribution in [0.2, 0.25) is 0 Å². The molecule has 0 saturated carbocycles. The van der Waals surface area contributed by atoms with Gasteiger partial charge in [0.1, 0.15) is 5.82 Å². The van der Waals surface area contributed by atoms with E-state index in [1.807, 2.05) is 48.5 Å². The molecule has 0 fully saturated rings. The van der Waals surface area contributed by atoms with E-state index in [2.05, 4.69) is 49.5 Å². The van der Waals surface area contributed by atoms with Gasteiger partial charge < -0.3 is 10.6 Å². The molecule has 3 aromatic rings. The predicted octanol–water partition coefficient (Wildman–Crippen LogP) is 5.29. The monoisotopic (exact) mass is 368 g/mol. The Hall–Kier alpha value is -2.40. The molecule has 1 heterocycles. The van der Waals surface area contributed by atoms with Gasteiger partial charge in [0.2, 0.25) is 5.95 Å². The Morgan fingerprint density at radius 2 is 1.74 bits per heavy atom. The van der Waals surface area contributed by atoms with E-state index in [0.29, 0.717) is 5.95 Å². The Morgan fingerprint density at radius 1 is 0.957 bits per heavy atom. The maximum atomic E-state index is 4.52.